The summed E-state index contributed by atoms with van der Waals surface area (Å²) < 4.78 is 31.4. The number of H-pyrrole nitrogens is 1. The molecule has 0 saturated heterocycles. The van der Waals surface area contributed by atoms with Crippen LogP contribution >= 0.6 is 0 Å². The number of nitrogens with one attached hydrogen (secondary N) is 1. The average molecular weight is 538 g/mol. The van der Waals surface area contributed by atoms with Crippen molar-refractivity contribution in [2.24, 2.45) is 0 Å². The molecular formula is C31H55NO6. The van der Waals surface area contributed by atoms with Crippen LogP contribution in [-0.4, -0.2) is 55.8 Å². The Bertz CT molecular complexity index is 712. The zero-order valence-corrected chi connectivity index (χ0v) is 24.6. The van der Waals surface area contributed by atoms with Crippen LogP contribution in [0.5, 0.6) is 0 Å². The highest BCUT2D eigenvalue weighted by Gasteiger charge is 2.24. The van der Waals surface area contributed by atoms with Crippen LogP contribution in [-0.2, 0) is 36.9 Å². The maximum absolute atomic E-state index is 12.6. The van der Waals surface area contributed by atoms with E-state index in [9.17, 15) is 4.79 Å². The zero-order valence-electron chi connectivity index (χ0n) is 24.6. The van der Waals surface area contributed by atoms with E-state index >= 15 is 0 Å². The molecule has 0 radical (unpaired) electrons. The Labute approximate surface area is 231 Å². The summed E-state index contributed by atoms with van der Waals surface area (Å²) in [5.74, 6) is 0. The highest BCUT2D eigenvalue weighted by atomic mass is 16.6. The van der Waals surface area contributed by atoms with Crippen LogP contribution < -0.4 is 5.43 Å². The Kier molecular flexibility index (Phi) is 17.9. The fourth-order valence-corrected chi connectivity index (χ4v) is 4.96. The van der Waals surface area contributed by atoms with Crippen LogP contribution in [0.15, 0.2) is 16.9 Å². The van der Waals surface area contributed by atoms with Crippen molar-refractivity contribution in [1.29, 1.82) is 0 Å². The van der Waals surface area contributed by atoms with Crippen LogP contribution in [0, 0.1) is 0 Å². The summed E-state index contributed by atoms with van der Waals surface area (Å²) in [6.07, 6.45) is 12.5. The second kappa shape index (κ2) is 20.6. The summed E-state index contributed by atoms with van der Waals surface area (Å²) in [4.78, 5) is 16.0. The van der Waals surface area contributed by atoms with Gasteiger partial charge in [0.05, 0.1) is 64.1 Å². The summed E-state index contributed by atoms with van der Waals surface area (Å²) in [5.41, 5.74) is 1.53. The number of fused-ring (bicyclic) bond motifs is 2. The van der Waals surface area contributed by atoms with Gasteiger partial charge in [0, 0.05) is 23.5 Å². The smallest absolute Gasteiger partial charge is 0.182 e. The van der Waals surface area contributed by atoms with Crippen LogP contribution in [0.1, 0.15) is 116 Å². The molecule has 2 heterocycles. The fourth-order valence-electron chi connectivity index (χ4n) is 4.96. The Morgan fingerprint density at radius 2 is 0.974 bits per heavy atom. The van der Waals surface area contributed by atoms with Gasteiger partial charge in [-0.1, -0.05) is 79.1 Å². The van der Waals surface area contributed by atoms with E-state index in [1.54, 1.807) is 12.1 Å². The van der Waals surface area contributed by atoms with Gasteiger partial charge >= 0.3 is 0 Å². The van der Waals surface area contributed by atoms with Gasteiger partial charge in [-0.25, -0.2) is 0 Å². The van der Waals surface area contributed by atoms with Crippen LogP contribution in [0.3, 0.4) is 0 Å². The first-order valence-corrected chi connectivity index (χ1v) is 15.4. The molecule has 0 aromatic carbocycles. The predicted molar refractivity (Wildman–Crippen MR) is 153 cm³/mol. The molecule has 0 aliphatic carbocycles. The molecule has 1 N–H and O–H groups in total. The molecular weight excluding hydrogens is 482 g/mol. The zero-order chi connectivity index (χ0) is 27.4. The molecule has 2 bridgehead atoms. The Balaban J connectivity index is 2.24. The van der Waals surface area contributed by atoms with E-state index in [-0.39, 0.29) is 29.8 Å². The van der Waals surface area contributed by atoms with E-state index in [1.165, 1.54) is 0 Å². The summed E-state index contributed by atoms with van der Waals surface area (Å²) in [7, 11) is 0. The maximum atomic E-state index is 12.6. The number of rotatable bonds is 12. The van der Waals surface area contributed by atoms with Crippen LogP contribution in [0.2, 0.25) is 0 Å². The van der Waals surface area contributed by atoms with Crippen molar-refractivity contribution in [3.63, 3.8) is 0 Å². The first-order chi connectivity index (χ1) is 18.6. The largest absolute Gasteiger partial charge is 0.377 e. The van der Waals surface area contributed by atoms with Crippen molar-refractivity contribution < 1.29 is 23.7 Å². The highest BCUT2D eigenvalue weighted by Crippen LogP contribution is 2.21. The van der Waals surface area contributed by atoms with E-state index in [0.29, 0.717) is 39.6 Å². The number of unbranched alkanes of at least 4 members (excludes halogenated alkanes) is 4. The van der Waals surface area contributed by atoms with Crippen LogP contribution in [0.4, 0.5) is 0 Å². The van der Waals surface area contributed by atoms with Gasteiger partial charge in [-0.05, 0) is 25.7 Å². The van der Waals surface area contributed by atoms with Crippen molar-refractivity contribution in [2.45, 2.75) is 142 Å². The molecule has 2 rings (SSSR count). The summed E-state index contributed by atoms with van der Waals surface area (Å²) >= 11 is 0. The minimum absolute atomic E-state index is 0.0104. The van der Waals surface area contributed by atoms with Gasteiger partial charge in [0.2, 0.25) is 0 Å². The third-order valence-corrected chi connectivity index (χ3v) is 7.18. The SMILES string of the molecule is CCCC[C@H]1OCCOCCO[C@H](CCCC)[C@@H](CCCC)OCc2cc(=O)cc([nH]2)CO[C@@H]1CCCC. The molecule has 38 heavy (non-hydrogen) atoms. The minimum atomic E-state index is -0.0275. The summed E-state index contributed by atoms with van der Waals surface area (Å²) in [5, 5.41) is 0. The molecule has 0 saturated carbocycles. The second-order valence-electron chi connectivity index (χ2n) is 10.6. The fraction of sp³-hybridized carbons (Fsp3) is 0.839. The molecule has 1 aromatic rings. The molecule has 7 nitrogen and oxygen atoms in total. The lowest BCUT2D eigenvalue weighted by atomic mass is 10.0. The van der Waals surface area contributed by atoms with Gasteiger partial charge in [-0.2, -0.15) is 0 Å². The van der Waals surface area contributed by atoms with E-state index < -0.39 is 0 Å². The van der Waals surface area contributed by atoms with Gasteiger partial charge in [-0.3, -0.25) is 4.79 Å². The van der Waals surface area contributed by atoms with E-state index in [1.807, 2.05) is 0 Å². The monoisotopic (exact) mass is 537 g/mol. The maximum Gasteiger partial charge on any atom is 0.182 e. The molecule has 0 spiro atoms. The molecule has 1 aromatic heterocycles. The minimum Gasteiger partial charge on any atom is -0.377 e. The van der Waals surface area contributed by atoms with Gasteiger partial charge in [0.15, 0.2) is 5.43 Å². The standard InChI is InChI=1S/C31H55NO6/c1-5-9-13-28-30(15-11-7-3)37-23-25-21-27(33)22-26(32-25)24-38-31(16-12-8-4)29(14-10-6-2)36-20-18-34-17-19-35-28/h21-22,28-31H,5-20,23-24H2,1-4H3,(H,32,33)/t28-,29-,30-,31-/m1/s1. The van der Waals surface area contributed by atoms with Gasteiger partial charge < -0.3 is 28.7 Å². The third kappa shape index (κ3) is 13.2. The highest BCUT2D eigenvalue weighted by molar-refractivity contribution is 5.10. The molecule has 0 fully saturated rings. The third-order valence-electron chi connectivity index (χ3n) is 7.18. The number of pyridine rings is 1. The van der Waals surface area contributed by atoms with Crippen molar-refractivity contribution in [3.05, 3.63) is 33.7 Å². The number of ether oxygens (including phenoxy) is 5. The van der Waals surface area contributed by atoms with Crippen molar-refractivity contribution in [2.75, 3.05) is 26.4 Å². The Hall–Kier alpha value is -1.25. The molecule has 7 heteroatoms. The molecule has 0 amide bonds. The quantitative estimate of drug-likeness (QED) is 0.319. The lowest BCUT2D eigenvalue weighted by molar-refractivity contribution is -0.111. The van der Waals surface area contributed by atoms with Gasteiger partial charge in [-0.15, -0.1) is 0 Å². The summed E-state index contributed by atoms with van der Waals surface area (Å²) in [6, 6.07) is 3.27. The number of hydrogen-bond donors (Lipinski definition) is 1. The molecule has 220 valence electrons. The van der Waals surface area contributed by atoms with Gasteiger partial charge in [0.1, 0.15) is 0 Å². The topological polar surface area (TPSA) is 79.0 Å². The predicted octanol–water partition coefficient (Wildman–Crippen LogP) is 6.71. The normalized spacial score (nSPS) is 24.5. The molecule has 4 atom stereocenters. The Morgan fingerprint density at radius 3 is 1.34 bits per heavy atom. The lowest BCUT2D eigenvalue weighted by Crippen LogP contribution is -2.34. The van der Waals surface area contributed by atoms with Gasteiger partial charge in [0.25, 0.3) is 0 Å². The summed E-state index contributed by atoms with van der Waals surface area (Å²) in [6.45, 7) is 11.6. The molecule has 1 aliphatic heterocycles. The molecule has 0 unspecified atom stereocenters. The second-order valence-corrected chi connectivity index (χ2v) is 10.6. The number of aromatic nitrogens is 1. The number of aromatic amines is 1. The molecule has 1 aliphatic rings. The Morgan fingerprint density at radius 1 is 0.605 bits per heavy atom. The first-order valence-electron chi connectivity index (χ1n) is 15.4. The lowest BCUT2D eigenvalue weighted by Gasteiger charge is -2.29. The van der Waals surface area contributed by atoms with E-state index in [4.69, 9.17) is 23.7 Å². The van der Waals surface area contributed by atoms with E-state index in [2.05, 4.69) is 32.7 Å². The van der Waals surface area contributed by atoms with Crippen molar-refractivity contribution in [3.8, 4) is 0 Å². The average Bonchev–Trinajstić information content (AvgIpc) is 2.91. The van der Waals surface area contributed by atoms with Crippen molar-refractivity contribution in [1.82, 2.24) is 4.98 Å². The van der Waals surface area contributed by atoms with Crippen molar-refractivity contribution >= 4 is 0 Å². The first kappa shape index (κ1) is 33.0. The van der Waals surface area contributed by atoms with E-state index in [0.717, 1.165) is 88.4 Å². The van der Waals surface area contributed by atoms with Crippen LogP contribution in [0.25, 0.3) is 0 Å². The number of hydrogen-bond acceptors (Lipinski definition) is 6.